The van der Waals surface area contributed by atoms with Crippen LogP contribution in [0, 0.1) is 0 Å². The first-order valence-corrected chi connectivity index (χ1v) is 7.65. The van der Waals surface area contributed by atoms with Crippen LogP contribution in [-0.4, -0.2) is 19.5 Å². The highest BCUT2D eigenvalue weighted by molar-refractivity contribution is 5.78. The van der Waals surface area contributed by atoms with Crippen LogP contribution in [-0.2, 0) is 0 Å². The fraction of sp³-hybridized carbons (Fsp3) is 0.111. The summed E-state index contributed by atoms with van der Waals surface area (Å²) in [5.41, 5.74) is -1.13. The number of para-hydroxylation sites is 2. The van der Waals surface area contributed by atoms with Crippen LogP contribution in [0.3, 0.4) is 0 Å². The summed E-state index contributed by atoms with van der Waals surface area (Å²) in [7, 11) is 0. The van der Waals surface area contributed by atoms with E-state index in [2.05, 4.69) is 5.10 Å². The molecule has 0 saturated heterocycles. The minimum Gasteiger partial charge on any atom is -0.246 e. The second-order valence-corrected chi connectivity index (χ2v) is 5.55. The maximum absolute atomic E-state index is 12.9. The second-order valence-electron chi connectivity index (χ2n) is 5.55. The van der Waals surface area contributed by atoms with Crippen molar-refractivity contribution in [2.75, 3.05) is 0 Å². The minimum absolute atomic E-state index is 0.361. The van der Waals surface area contributed by atoms with E-state index in [1.54, 1.807) is 74.5 Å². The van der Waals surface area contributed by atoms with Gasteiger partial charge in [-0.25, -0.2) is 23.5 Å². The lowest BCUT2D eigenvalue weighted by molar-refractivity contribution is 0.605. The molecule has 7 nitrogen and oxygen atoms in total. The monoisotopic (exact) mass is 336 g/mol. The molecule has 0 aliphatic heterocycles. The van der Waals surface area contributed by atoms with Gasteiger partial charge in [-0.05, 0) is 38.1 Å². The van der Waals surface area contributed by atoms with Gasteiger partial charge in [-0.2, -0.15) is 5.10 Å². The van der Waals surface area contributed by atoms with Crippen LogP contribution >= 0.6 is 0 Å². The molecule has 3 aromatic rings. The molecule has 0 aliphatic rings. The van der Waals surface area contributed by atoms with E-state index in [1.165, 1.54) is 0 Å². The Morgan fingerprint density at radius 1 is 0.680 bits per heavy atom. The molecule has 0 atom stereocenters. The van der Waals surface area contributed by atoms with Gasteiger partial charge in [-0.3, -0.25) is 0 Å². The third kappa shape index (κ3) is 2.99. The van der Waals surface area contributed by atoms with E-state index < -0.39 is 17.1 Å². The molecule has 25 heavy (non-hydrogen) atoms. The summed E-state index contributed by atoms with van der Waals surface area (Å²) in [5, 5.41) is 4.00. The molecule has 3 rings (SSSR count). The van der Waals surface area contributed by atoms with Gasteiger partial charge in [0.1, 0.15) is 0 Å². The Bertz CT molecular complexity index is 1030. The van der Waals surface area contributed by atoms with Crippen molar-refractivity contribution in [2.45, 2.75) is 13.8 Å². The topological polar surface area (TPSA) is 78.4 Å². The molecule has 126 valence electrons. The maximum atomic E-state index is 12.9. The van der Waals surface area contributed by atoms with Crippen LogP contribution in [0.4, 0.5) is 0 Å². The van der Waals surface area contributed by atoms with Gasteiger partial charge in [0.05, 0.1) is 11.4 Å². The molecule has 0 N–H and O–H groups in total. The largest absolute Gasteiger partial charge is 0.362 e. The van der Waals surface area contributed by atoms with Crippen LogP contribution in [0.15, 0.2) is 80.1 Å². The van der Waals surface area contributed by atoms with Gasteiger partial charge in [0.25, 0.3) is 0 Å². The van der Waals surface area contributed by atoms with E-state index in [4.69, 9.17) is 0 Å². The first-order valence-electron chi connectivity index (χ1n) is 7.65. The molecular formula is C18H16N4O3. The second kappa shape index (κ2) is 6.56. The van der Waals surface area contributed by atoms with Crippen LogP contribution < -0.4 is 17.1 Å². The summed E-state index contributed by atoms with van der Waals surface area (Å²) in [6.45, 7) is 3.33. The molecular weight excluding hydrogens is 320 g/mol. The molecule has 0 unspecified atom stereocenters. The van der Waals surface area contributed by atoms with E-state index in [0.29, 0.717) is 21.8 Å². The molecule has 0 spiro atoms. The van der Waals surface area contributed by atoms with Gasteiger partial charge in [-0.15, -0.1) is 4.68 Å². The lowest BCUT2D eigenvalue weighted by Crippen LogP contribution is -2.52. The molecule has 0 aliphatic carbocycles. The summed E-state index contributed by atoms with van der Waals surface area (Å²) >= 11 is 0. The number of rotatable bonds is 3. The van der Waals surface area contributed by atoms with E-state index >= 15 is 0 Å². The zero-order chi connectivity index (χ0) is 18.0. The van der Waals surface area contributed by atoms with E-state index in [1.807, 2.05) is 0 Å². The molecule has 0 fully saturated rings. The average Bonchev–Trinajstić information content (AvgIpc) is 2.60. The predicted molar refractivity (Wildman–Crippen MR) is 96.1 cm³/mol. The number of hydrogen-bond acceptors (Lipinski definition) is 4. The van der Waals surface area contributed by atoms with E-state index in [9.17, 15) is 14.4 Å². The van der Waals surface area contributed by atoms with Crippen LogP contribution in [0.2, 0.25) is 0 Å². The highest BCUT2D eigenvalue weighted by atomic mass is 16.2. The number of aromatic nitrogens is 3. The summed E-state index contributed by atoms with van der Waals surface area (Å²) in [6.07, 6.45) is 0. The molecule has 2 aromatic carbocycles. The summed E-state index contributed by atoms with van der Waals surface area (Å²) in [5.74, 6) is 0. The molecule has 1 aromatic heterocycles. The standard InChI is InChI=1S/C18H16N4O3/c1-13(2)19-22-17(24)20(14-9-5-3-6-10-14)16(23)21(18(22)25)15-11-7-4-8-12-15/h3-12H,1-2H3. The zero-order valence-electron chi connectivity index (χ0n) is 13.8. The molecule has 0 radical (unpaired) electrons. The van der Waals surface area contributed by atoms with Gasteiger partial charge >= 0.3 is 17.1 Å². The Hall–Kier alpha value is -3.48. The van der Waals surface area contributed by atoms with Crippen molar-refractivity contribution in [1.29, 1.82) is 0 Å². The van der Waals surface area contributed by atoms with Crippen molar-refractivity contribution in [3.63, 3.8) is 0 Å². The highest BCUT2D eigenvalue weighted by Crippen LogP contribution is 2.03. The molecule has 1 heterocycles. The van der Waals surface area contributed by atoms with Gasteiger partial charge < -0.3 is 0 Å². The van der Waals surface area contributed by atoms with Crippen molar-refractivity contribution in [1.82, 2.24) is 13.8 Å². The summed E-state index contributed by atoms with van der Waals surface area (Å²) in [6, 6.07) is 16.9. The smallest absolute Gasteiger partial charge is 0.246 e. The normalized spacial score (nSPS) is 10.5. The third-order valence-corrected chi connectivity index (χ3v) is 3.46. The third-order valence-electron chi connectivity index (χ3n) is 3.46. The maximum Gasteiger partial charge on any atom is 0.362 e. The quantitative estimate of drug-likeness (QED) is 0.678. The summed E-state index contributed by atoms with van der Waals surface area (Å²) < 4.78 is 2.57. The first kappa shape index (κ1) is 16.4. The predicted octanol–water partition coefficient (Wildman–Crippen LogP) is 1.39. The van der Waals surface area contributed by atoms with Gasteiger partial charge in [0, 0.05) is 5.71 Å². The first-order chi connectivity index (χ1) is 12.0. The Morgan fingerprint density at radius 3 is 1.44 bits per heavy atom. The SMILES string of the molecule is CC(C)=Nn1c(=O)n(-c2ccccc2)c(=O)n(-c2ccccc2)c1=O. The average molecular weight is 336 g/mol. The summed E-state index contributed by atoms with van der Waals surface area (Å²) in [4.78, 5) is 38.4. The molecule has 7 heteroatoms. The number of hydrogen-bond donors (Lipinski definition) is 0. The van der Waals surface area contributed by atoms with Gasteiger partial charge in [0.2, 0.25) is 0 Å². The van der Waals surface area contributed by atoms with Gasteiger partial charge in [-0.1, -0.05) is 36.4 Å². The Morgan fingerprint density at radius 2 is 1.08 bits per heavy atom. The fourth-order valence-electron chi connectivity index (χ4n) is 2.42. The Kier molecular flexibility index (Phi) is 4.30. The van der Waals surface area contributed by atoms with Crippen molar-refractivity contribution < 1.29 is 0 Å². The lowest BCUT2D eigenvalue weighted by Gasteiger charge is -2.11. The van der Waals surface area contributed by atoms with Crippen molar-refractivity contribution >= 4 is 5.71 Å². The van der Waals surface area contributed by atoms with E-state index in [0.717, 1.165) is 9.13 Å². The van der Waals surface area contributed by atoms with Crippen LogP contribution in [0.25, 0.3) is 11.4 Å². The Labute approximate surface area is 142 Å². The lowest BCUT2D eigenvalue weighted by atomic mass is 10.3. The van der Waals surface area contributed by atoms with Crippen molar-refractivity contribution in [3.05, 3.63) is 92.1 Å². The van der Waals surface area contributed by atoms with E-state index in [-0.39, 0.29) is 0 Å². The zero-order valence-corrected chi connectivity index (χ0v) is 13.8. The minimum atomic E-state index is -0.811. The van der Waals surface area contributed by atoms with Crippen LogP contribution in [0.1, 0.15) is 13.8 Å². The van der Waals surface area contributed by atoms with Crippen molar-refractivity contribution in [3.8, 4) is 11.4 Å². The Balaban J connectivity index is 2.50. The molecule has 0 bridgehead atoms. The number of nitrogens with zero attached hydrogens (tertiary/aromatic N) is 4. The number of benzene rings is 2. The van der Waals surface area contributed by atoms with Crippen molar-refractivity contribution in [2.24, 2.45) is 5.10 Å². The molecule has 0 saturated carbocycles. The fourth-order valence-corrected chi connectivity index (χ4v) is 2.42. The van der Waals surface area contributed by atoms with Gasteiger partial charge in [0.15, 0.2) is 0 Å². The highest BCUT2D eigenvalue weighted by Gasteiger charge is 2.17. The van der Waals surface area contributed by atoms with Crippen LogP contribution in [0.5, 0.6) is 0 Å². The molecule has 0 amide bonds.